The van der Waals surface area contributed by atoms with Crippen molar-refractivity contribution in [3.05, 3.63) is 77.4 Å². The number of carbonyl (C=O) groups is 2. The zero-order valence-corrected chi connectivity index (χ0v) is 18.5. The van der Waals surface area contributed by atoms with Crippen molar-refractivity contribution in [3.8, 4) is 17.2 Å². The summed E-state index contributed by atoms with van der Waals surface area (Å²) in [4.78, 5) is 24.8. The number of ether oxygens (including phenoxy) is 3. The number of nitrogens with one attached hydrogen (secondary N) is 2. The van der Waals surface area contributed by atoms with Crippen molar-refractivity contribution in [2.24, 2.45) is 0 Å². The molecule has 0 spiro atoms. The van der Waals surface area contributed by atoms with Crippen LogP contribution in [-0.2, 0) is 4.79 Å². The average Bonchev–Trinajstić information content (AvgIpc) is 2.80. The lowest BCUT2D eigenvalue weighted by Crippen LogP contribution is -2.20. The fourth-order valence-corrected chi connectivity index (χ4v) is 2.97. The van der Waals surface area contributed by atoms with Gasteiger partial charge in [0.15, 0.2) is 18.1 Å². The molecule has 3 aromatic carbocycles. The zero-order valence-electron chi connectivity index (χ0n) is 18.5. The van der Waals surface area contributed by atoms with Gasteiger partial charge in [-0.25, -0.2) is 0 Å². The maximum Gasteiger partial charge on any atom is 0.262 e. The number of hydrogen-bond donors (Lipinski definition) is 2. The lowest BCUT2D eigenvalue weighted by atomic mass is 10.1. The third-order valence-electron chi connectivity index (χ3n) is 4.92. The molecule has 32 heavy (non-hydrogen) atoms. The highest BCUT2D eigenvalue weighted by Gasteiger charge is 2.13. The van der Waals surface area contributed by atoms with Crippen molar-refractivity contribution in [1.82, 2.24) is 0 Å². The summed E-state index contributed by atoms with van der Waals surface area (Å²) in [5.74, 6) is 0.824. The van der Waals surface area contributed by atoms with Crippen molar-refractivity contribution in [3.63, 3.8) is 0 Å². The molecule has 7 nitrogen and oxygen atoms in total. The van der Waals surface area contributed by atoms with Gasteiger partial charge in [0, 0.05) is 16.9 Å². The van der Waals surface area contributed by atoms with Gasteiger partial charge in [-0.3, -0.25) is 9.59 Å². The second-order valence-corrected chi connectivity index (χ2v) is 7.18. The maximum absolute atomic E-state index is 12.6. The van der Waals surface area contributed by atoms with E-state index in [0.717, 1.165) is 11.1 Å². The van der Waals surface area contributed by atoms with Crippen LogP contribution in [0.1, 0.15) is 21.5 Å². The highest BCUT2D eigenvalue weighted by Crippen LogP contribution is 2.28. The molecule has 0 bridgehead atoms. The summed E-state index contributed by atoms with van der Waals surface area (Å²) in [6, 6.07) is 17.5. The molecule has 0 saturated heterocycles. The molecule has 0 aliphatic rings. The molecule has 3 rings (SSSR count). The number of aryl methyl sites for hydroxylation is 2. The van der Waals surface area contributed by atoms with Crippen molar-refractivity contribution < 1.29 is 23.8 Å². The van der Waals surface area contributed by atoms with Gasteiger partial charge in [0.1, 0.15) is 5.75 Å². The molecule has 0 aliphatic heterocycles. The Morgan fingerprint density at radius 3 is 2.12 bits per heavy atom. The quantitative estimate of drug-likeness (QED) is 0.542. The fraction of sp³-hybridized carbons (Fsp3) is 0.200. The monoisotopic (exact) mass is 434 g/mol. The summed E-state index contributed by atoms with van der Waals surface area (Å²) in [7, 11) is 3.05. The highest BCUT2D eigenvalue weighted by molar-refractivity contribution is 6.04. The molecule has 2 amide bonds. The second-order valence-electron chi connectivity index (χ2n) is 7.18. The first-order valence-electron chi connectivity index (χ1n) is 10.0. The Labute approximate surface area is 187 Å². The molecular weight excluding hydrogens is 408 g/mol. The normalized spacial score (nSPS) is 10.2. The SMILES string of the molecule is COc1ccc(NC(=O)COc2ccc(C(=O)Nc3ccc(C)c(C)c3)cc2OC)cc1. The van der Waals surface area contributed by atoms with Gasteiger partial charge < -0.3 is 24.8 Å². The van der Waals surface area contributed by atoms with E-state index in [1.807, 2.05) is 32.0 Å². The number of methoxy groups -OCH3 is 2. The Kier molecular flexibility index (Phi) is 7.33. The molecule has 3 aromatic rings. The topological polar surface area (TPSA) is 85.9 Å². The predicted molar refractivity (Wildman–Crippen MR) is 124 cm³/mol. The molecule has 0 aromatic heterocycles. The largest absolute Gasteiger partial charge is 0.497 e. The summed E-state index contributed by atoms with van der Waals surface area (Å²) in [5.41, 5.74) is 4.01. The minimum atomic E-state index is -0.325. The van der Waals surface area contributed by atoms with Crippen molar-refractivity contribution >= 4 is 23.2 Å². The number of benzene rings is 3. The zero-order chi connectivity index (χ0) is 23.1. The highest BCUT2D eigenvalue weighted by atomic mass is 16.5. The molecule has 0 saturated carbocycles. The van der Waals surface area contributed by atoms with Gasteiger partial charge in [-0.2, -0.15) is 0 Å². The molecule has 0 heterocycles. The molecule has 0 fully saturated rings. The van der Waals surface area contributed by atoms with Gasteiger partial charge in [-0.15, -0.1) is 0 Å². The average molecular weight is 434 g/mol. The van der Waals surface area contributed by atoms with Crippen LogP contribution in [0, 0.1) is 13.8 Å². The van der Waals surface area contributed by atoms with Crippen LogP contribution in [0.3, 0.4) is 0 Å². The van der Waals surface area contributed by atoms with Crippen LogP contribution in [0.15, 0.2) is 60.7 Å². The molecule has 7 heteroatoms. The maximum atomic E-state index is 12.6. The van der Waals surface area contributed by atoms with Gasteiger partial charge in [0.05, 0.1) is 14.2 Å². The first kappa shape index (κ1) is 22.7. The van der Waals surface area contributed by atoms with Crippen molar-refractivity contribution in [2.75, 3.05) is 31.5 Å². The van der Waals surface area contributed by atoms with Crippen LogP contribution in [0.5, 0.6) is 17.2 Å². The Morgan fingerprint density at radius 2 is 1.47 bits per heavy atom. The Balaban J connectivity index is 1.61. The van der Waals surface area contributed by atoms with Gasteiger partial charge in [-0.05, 0) is 79.6 Å². The Morgan fingerprint density at radius 1 is 0.750 bits per heavy atom. The molecular formula is C25H26N2O5. The van der Waals surface area contributed by atoms with Crippen LogP contribution in [0.2, 0.25) is 0 Å². The standard InChI is InChI=1S/C25H26N2O5/c1-16-5-7-20(13-17(16)2)27-25(29)18-6-12-22(23(14-18)31-4)32-15-24(28)26-19-8-10-21(30-3)11-9-19/h5-14H,15H2,1-4H3,(H,26,28)(H,27,29). The fourth-order valence-electron chi connectivity index (χ4n) is 2.97. The van der Waals surface area contributed by atoms with Crippen LogP contribution < -0.4 is 24.8 Å². The number of hydrogen-bond acceptors (Lipinski definition) is 5. The third kappa shape index (κ3) is 5.78. The summed E-state index contributed by atoms with van der Waals surface area (Å²) in [6.07, 6.45) is 0. The van der Waals surface area contributed by atoms with Gasteiger partial charge in [0.2, 0.25) is 0 Å². The first-order valence-corrected chi connectivity index (χ1v) is 10.0. The minimum absolute atomic E-state index is 0.212. The molecule has 2 N–H and O–H groups in total. The number of carbonyl (C=O) groups excluding carboxylic acids is 2. The van der Waals surface area contributed by atoms with E-state index in [9.17, 15) is 9.59 Å². The lowest BCUT2D eigenvalue weighted by Gasteiger charge is -2.13. The minimum Gasteiger partial charge on any atom is -0.497 e. The van der Waals surface area contributed by atoms with E-state index in [1.165, 1.54) is 7.11 Å². The number of anilines is 2. The van der Waals surface area contributed by atoms with Crippen molar-refractivity contribution in [2.45, 2.75) is 13.8 Å². The summed E-state index contributed by atoms with van der Waals surface area (Å²) in [6.45, 7) is 3.79. The molecule has 166 valence electrons. The predicted octanol–water partition coefficient (Wildman–Crippen LogP) is 4.59. The van der Waals surface area contributed by atoms with Crippen LogP contribution in [0.4, 0.5) is 11.4 Å². The van der Waals surface area contributed by atoms with Gasteiger partial charge in [-0.1, -0.05) is 6.07 Å². The van der Waals surface area contributed by atoms with E-state index in [1.54, 1.807) is 49.6 Å². The summed E-state index contributed by atoms with van der Waals surface area (Å²) >= 11 is 0. The number of rotatable bonds is 8. The smallest absolute Gasteiger partial charge is 0.262 e. The lowest BCUT2D eigenvalue weighted by molar-refractivity contribution is -0.118. The van der Waals surface area contributed by atoms with Gasteiger partial charge >= 0.3 is 0 Å². The van der Waals surface area contributed by atoms with E-state index in [2.05, 4.69) is 10.6 Å². The molecule has 0 atom stereocenters. The first-order chi connectivity index (χ1) is 15.4. The van der Waals surface area contributed by atoms with E-state index >= 15 is 0 Å². The van der Waals surface area contributed by atoms with Crippen molar-refractivity contribution in [1.29, 1.82) is 0 Å². The van der Waals surface area contributed by atoms with E-state index in [0.29, 0.717) is 34.2 Å². The number of amides is 2. The molecule has 0 unspecified atom stereocenters. The third-order valence-corrected chi connectivity index (χ3v) is 4.92. The second kappa shape index (κ2) is 10.3. The van der Waals surface area contributed by atoms with Crippen LogP contribution >= 0.6 is 0 Å². The summed E-state index contributed by atoms with van der Waals surface area (Å²) < 4.78 is 16.0. The Bertz CT molecular complexity index is 1110. The molecule has 0 aliphatic carbocycles. The van der Waals surface area contributed by atoms with Crippen LogP contribution in [0.25, 0.3) is 0 Å². The molecule has 0 radical (unpaired) electrons. The van der Waals surface area contributed by atoms with E-state index < -0.39 is 0 Å². The van der Waals surface area contributed by atoms with E-state index in [-0.39, 0.29) is 18.4 Å². The Hall–Kier alpha value is -4.00. The van der Waals surface area contributed by atoms with E-state index in [4.69, 9.17) is 14.2 Å². The van der Waals surface area contributed by atoms with Gasteiger partial charge in [0.25, 0.3) is 11.8 Å². The van der Waals surface area contributed by atoms with Crippen LogP contribution in [-0.4, -0.2) is 32.6 Å². The summed E-state index contributed by atoms with van der Waals surface area (Å²) in [5, 5.41) is 5.62.